The molecule has 2 unspecified atom stereocenters. The van der Waals surface area contributed by atoms with Crippen molar-refractivity contribution in [1.29, 1.82) is 5.26 Å². The summed E-state index contributed by atoms with van der Waals surface area (Å²) in [5.74, 6) is 0.433. The molecule has 2 aliphatic rings. The number of hydrogen-bond donors (Lipinski definition) is 0. The van der Waals surface area contributed by atoms with Gasteiger partial charge in [0, 0.05) is 38.0 Å². The first-order chi connectivity index (χ1) is 17.1. The Balaban J connectivity index is 1.52. The van der Waals surface area contributed by atoms with E-state index >= 15 is 0 Å². The summed E-state index contributed by atoms with van der Waals surface area (Å²) in [7, 11) is 0. The van der Waals surface area contributed by atoms with Gasteiger partial charge in [-0.25, -0.2) is 9.48 Å². The van der Waals surface area contributed by atoms with Crippen molar-refractivity contribution in [3.05, 3.63) is 36.2 Å². The Morgan fingerprint density at radius 1 is 1.25 bits per heavy atom. The number of carbonyl (C=O) groups excluding carboxylic acids is 1. The quantitative estimate of drug-likeness (QED) is 0.540. The van der Waals surface area contributed by atoms with E-state index in [-0.39, 0.29) is 18.4 Å². The van der Waals surface area contributed by atoms with Gasteiger partial charge in [-0.1, -0.05) is 19.9 Å². The number of carbonyl (C=O) groups is 1. The summed E-state index contributed by atoms with van der Waals surface area (Å²) in [5.41, 5.74) is 2.94. The molecule has 0 N–H and O–H groups in total. The van der Waals surface area contributed by atoms with Crippen LogP contribution in [0.3, 0.4) is 0 Å². The summed E-state index contributed by atoms with van der Waals surface area (Å²) in [6.07, 6.45) is 7.66. The summed E-state index contributed by atoms with van der Waals surface area (Å²) in [5, 5.41) is 14.5. The minimum absolute atomic E-state index is 0.0126. The van der Waals surface area contributed by atoms with Gasteiger partial charge in [0.15, 0.2) is 0 Å². The van der Waals surface area contributed by atoms with Gasteiger partial charge in [0.1, 0.15) is 17.9 Å². The number of aromatic nitrogens is 2. The molecule has 0 spiro atoms. The lowest BCUT2D eigenvalue weighted by Crippen LogP contribution is -2.56. The van der Waals surface area contributed by atoms with Crippen LogP contribution in [0.25, 0.3) is 11.1 Å². The van der Waals surface area contributed by atoms with Crippen LogP contribution in [0.15, 0.2) is 30.6 Å². The van der Waals surface area contributed by atoms with Gasteiger partial charge in [-0.05, 0) is 70.1 Å². The number of anilines is 1. The Labute approximate surface area is 214 Å². The van der Waals surface area contributed by atoms with Gasteiger partial charge in [0.2, 0.25) is 0 Å². The predicted octanol–water partition coefficient (Wildman–Crippen LogP) is 5.59. The highest BCUT2D eigenvalue weighted by molar-refractivity contribution is 5.72. The molecule has 0 bridgehead atoms. The molecular formula is C28H39N5O3. The topological polar surface area (TPSA) is 83.6 Å². The molecule has 2 saturated heterocycles. The van der Waals surface area contributed by atoms with Gasteiger partial charge in [0.25, 0.3) is 0 Å². The summed E-state index contributed by atoms with van der Waals surface area (Å²) >= 11 is 0. The average molecular weight is 494 g/mol. The molecule has 194 valence electrons. The number of benzene rings is 1. The van der Waals surface area contributed by atoms with Crippen molar-refractivity contribution in [2.75, 3.05) is 31.1 Å². The number of piperazine rings is 1. The SMILES string of the molecule is CC(C)CC1CN(c2ccc(-c3cnn(C4CCCCO4)c3)cc2C#N)CCN1C(=O)OC(C)(C)C. The molecule has 2 aromatic rings. The van der Waals surface area contributed by atoms with Crippen molar-refractivity contribution in [1.82, 2.24) is 14.7 Å². The highest BCUT2D eigenvalue weighted by atomic mass is 16.6. The predicted molar refractivity (Wildman–Crippen MR) is 140 cm³/mol. The second-order valence-electron chi connectivity index (χ2n) is 11.3. The van der Waals surface area contributed by atoms with Crippen LogP contribution in [-0.4, -0.2) is 58.7 Å². The summed E-state index contributed by atoms with van der Waals surface area (Å²) in [6.45, 7) is 12.7. The number of rotatable bonds is 5. The molecule has 2 atom stereocenters. The number of nitrogens with zero attached hydrogens (tertiary/aromatic N) is 5. The highest BCUT2D eigenvalue weighted by Gasteiger charge is 2.34. The first-order valence-corrected chi connectivity index (χ1v) is 13.1. The van der Waals surface area contributed by atoms with Crippen molar-refractivity contribution >= 4 is 11.8 Å². The molecule has 2 aliphatic heterocycles. The molecular weight excluding hydrogens is 454 g/mol. The molecule has 3 heterocycles. The third kappa shape index (κ3) is 6.19. The Kier molecular flexibility index (Phi) is 7.89. The van der Waals surface area contributed by atoms with E-state index < -0.39 is 5.60 Å². The molecule has 36 heavy (non-hydrogen) atoms. The highest BCUT2D eigenvalue weighted by Crippen LogP contribution is 2.31. The molecule has 2 fully saturated rings. The lowest BCUT2D eigenvalue weighted by molar-refractivity contribution is -0.0394. The van der Waals surface area contributed by atoms with E-state index in [2.05, 4.69) is 36.0 Å². The number of nitriles is 1. The molecule has 1 aromatic carbocycles. The Morgan fingerprint density at radius 2 is 2.06 bits per heavy atom. The number of amides is 1. The summed E-state index contributed by atoms with van der Waals surface area (Å²) in [4.78, 5) is 17.0. The molecule has 0 aliphatic carbocycles. The lowest BCUT2D eigenvalue weighted by atomic mass is 9.98. The molecule has 0 radical (unpaired) electrons. The monoisotopic (exact) mass is 493 g/mol. The summed E-state index contributed by atoms with van der Waals surface area (Å²) < 4.78 is 13.4. The van der Waals surface area contributed by atoms with Crippen LogP contribution < -0.4 is 4.90 Å². The van der Waals surface area contributed by atoms with Gasteiger partial charge in [-0.2, -0.15) is 10.4 Å². The van der Waals surface area contributed by atoms with E-state index in [0.717, 1.165) is 49.1 Å². The van der Waals surface area contributed by atoms with Crippen molar-refractivity contribution < 1.29 is 14.3 Å². The largest absolute Gasteiger partial charge is 0.444 e. The Morgan fingerprint density at radius 3 is 2.72 bits per heavy atom. The maximum absolute atomic E-state index is 12.9. The average Bonchev–Trinajstić information content (AvgIpc) is 3.33. The maximum atomic E-state index is 12.9. The van der Waals surface area contributed by atoms with Gasteiger partial charge < -0.3 is 19.3 Å². The van der Waals surface area contributed by atoms with Crippen LogP contribution in [0.4, 0.5) is 10.5 Å². The van der Waals surface area contributed by atoms with Crippen LogP contribution in [0.1, 0.15) is 72.1 Å². The number of hydrogen-bond acceptors (Lipinski definition) is 6. The third-order valence-electron chi connectivity index (χ3n) is 6.70. The van der Waals surface area contributed by atoms with Crippen molar-refractivity contribution in [3.63, 3.8) is 0 Å². The Hall–Kier alpha value is -3.05. The van der Waals surface area contributed by atoms with E-state index in [1.54, 1.807) is 0 Å². The third-order valence-corrected chi connectivity index (χ3v) is 6.70. The van der Waals surface area contributed by atoms with Crippen LogP contribution >= 0.6 is 0 Å². The molecule has 8 nitrogen and oxygen atoms in total. The minimum atomic E-state index is -0.530. The maximum Gasteiger partial charge on any atom is 0.410 e. The normalized spacial score (nSPS) is 20.9. The smallest absolute Gasteiger partial charge is 0.410 e. The fourth-order valence-electron chi connectivity index (χ4n) is 5.04. The van der Waals surface area contributed by atoms with Crippen LogP contribution in [-0.2, 0) is 9.47 Å². The van der Waals surface area contributed by atoms with Gasteiger partial charge >= 0.3 is 6.09 Å². The molecule has 4 rings (SSSR count). The van der Waals surface area contributed by atoms with Gasteiger partial charge in [-0.15, -0.1) is 0 Å². The first kappa shape index (κ1) is 26.0. The zero-order valence-corrected chi connectivity index (χ0v) is 22.2. The van der Waals surface area contributed by atoms with E-state index in [0.29, 0.717) is 31.1 Å². The zero-order valence-electron chi connectivity index (χ0n) is 22.2. The van der Waals surface area contributed by atoms with Gasteiger partial charge in [0.05, 0.1) is 23.5 Å². The molecule has 1 amide bonds. The van der Waals surface area contributed by atoms with E-state index in [9.17, 15) is 10.1 Å². The van der Waals surface area contributed by atoms with E-state index in [1.165, 1.54) is 0 Å². The molecule has 1 aromatic heterocycles. The van der Waals surface area contributed by atoms with Crippen LogP contribution in [0, 0.1) is 17.2 Å². The minimum Gasteiger partial charge on any atom is -0.444 e. The standard InChI is InChI=1S/C28H39N5O3/c1-20(2)14-24-19-31(11-12-32(24)27(34)36-28(3,4)5)25-10-9-21(15-22(25)16-29)23-17-30-33(18-23)26-8-6-7-13-35-26/h9-10,15,17-18,20,24,26H,6-8,11-14,19H2,1-5H3. The second kappa shape index (κ2) is 10.9. The second-order valence-corrected chi connectivity index (χ2v) is 11.3. The fraction of sp³-hybridized carbons (Fsp3) is 0.607. The van der Waals surface area contributed by atoms with E-state index in [4.69, 9.17) is 9.47 Å². The lowest BCUT2D eigenvalue weighted by Gasteiger charge is -2.43. The van der Waals surface area contributed by atoms with Crippen molar-refractivity contribution in [3.8, 4) is 17.2 Å². The number of ether oxygens (including phenoxy) is 2. The van der Waals surface area contributed by atoms with Crippen molar-refractivity contribution in [2.45, 2.75) is 78.2 Å². The van der Waals surface area contributed by atoms with Crippen molar-refractivity contribution in [2.24, 2.45) is 5.92 Å². The summed E-state index contributed by atoms with van der Waals surface area (Å²) in [6, 6.07) is 8.44. The fourth-order valence-corrected chi connectivity index (χ4v) is 5.04. The van der Waals surface area contributed by atoms with Crippen LogP contribution in [0.5, 0.6) is 0 Å². The first-order valence-electron chi connectivity index (χ1n) is 13.1. The Bertz CT molecular complexity index is 1090. The molecule has 0 saturated carbocycles. The van der Waals surface area contributed by atoms with E-state index in [1.807, 2.05) is 54.9 Å². The zero-order chi connectivity index (χ0) is 25.9. The van der Waals surface area contributed by atoms with Crippen LogP contribution in [0.2, 0.25) is 0 Å². The van der Waals surface area contributed by atoms with Gasteiger partial charge in [-0.3, -0.25) is 0 Å². The molecule has 8 heteroatoms.